The van der Waals surface area contributed by atoms with Crippen molar-refractivity contribution in [2.24, 2.45) is 5.73 Å². The molecule has 22 heavy (non-hydrogen) atoms. The number of carbonyl (C=O) groups is 1. The number of carbonyl (C=O) groups excluding carboxylic acids is 1. The van der Waals surface area contributed by atoms with E-state index < -0.39 is 0 Å². The molecule has 1 amide bonds. The fraction of sp³-hybridized carbons (Fsp3) is 0.316. The second-order valence-electron chi connectivity index (χ2n) is 6.23. The van der Waals surface area contributed by atoms with Crippen molar-refractivity contribution in [1.29, 1.82) is 0 Å². The molecule has 0 aliphatic carbocycles. The number of fused-ring (bicyclic) bond motifs is 1. The van der Waals surface area contributed by atoms with Crippen LogP contribution in [0.3, 0.4) is 0 Å². The summed E-state index contributed by atoms with van der Waals surface area (Å²) in [7, 11) is 0. The number of para-hydroxylation sites is 1. The Kier molecular flexibility index (Phi) is 3.99. The number of anilines is 1. The molecule has 3 rings (SSSR count). The molecule has 0 aromatic heterocycles. The summed E-state index contributed by atoms with van der Waals surface area (Å²) in [5.41, 5.74) is 11.9. The van der Waals surface area contributed by atoms with Crippen molar-refractivity contribution in [2.75, 3.05) is 5.32 Å². The SMILES string of the molecule is CC(C)c1ccc(C(N)c2cccc3c2NC(=O)CC3)cc1. The average Bonchev–Trinajstić information content (AvgIpc) is 2.53. The van der Waals surface area contributed by atoms with Crippen LogP contribution in [0.4, 0.5) is 5.69 Å². The van der Waals surface area contributed by atoms with Crippen LogP contribution in [-0.4, -0.2) is 5.91 Å². The highest BCUT2D eigenvalue weighted by Crippen LogP contribution is 2.33. The summed E-state index contributed by atoms with van der Waals surface area (Å²) in [6, 6.07) is 14.3. The molecule has 0 spiro atoms. The third kappa shape index (κ3) is 2.77. The molecule has 114 valence electrons. The van der Waals surface area contributed by atoms with Crippen LogP contribution in [-0.2, 0) is 11.2 Å². The molecule has 1 aliphatic rings. The lowest BCUT2D eigenvalue weighted by Crippen LogP contribution is -2.23. The molecule has 0 fully saturated rings. The minimum atomic E-state index is -0.227. The molecule has 2 aromatic rings. The van der Waals surface area contributed by atoms with E-state index in [0.717, 1.165) is 23.2 Å². The summed E-state index contributed by atoms with van der Waals surface area (Å²) in [6.07, 6.45) is 1.34. The molecule has 0 radical (unpaired) electrons. The van der Waals surface area contributed by atoms with Crippen molar-refractivity contribution in [3.63, 3.8) is 0 Å². The Bertz CT molecular complexity index is 689. The van der Waals surface area contributed by atoms with Crippen LogP contribution in [0.5, 0.6) is 0 Å². The topological polar surface area (TPSA) is 55.1 Å². The first kappa shape index (κ1) is 14.8. The first-order valence-electron chi connectivity index (χ1n) is 7.83. The number of benzene rings is 2. The molecule has 1 unspecified atom stereocenters. The maximum atomic E-state index is 11.7. The average molecular weight is 294 g/mol. The summed E-state index contributed by atoms with van der Waals surface area (Å²) in [5, 5.41) is 2.99. The first-order valence-corrected chi connectivity index (χ1v) is 7.83. The standard InChI is InChI=1S/C19H22N2O/c1-12(2)13-6-8-14(9-7-13)18(20)16-5-3-4-15-10-11-17(22)21-19(15)16/h3-9,12,18H,10-11,20H2,1-2H3,(H,21,22). The lowest BCUT2D eigenvalue weighted by atomic mass is 9.91. The summed E-state index contributed by atoms with van der Waals surface area (Å²) >= 11 is 0. The van der Waals surface area contributed by atoms with E-state index in [1.165, 1.54) is 11.1 Å². The molecule has 1 atom stereocenters. The van der Waals surface area contributed by atoms with E-state index in [-0.39, 0.29) is 11.9 Å². The molecule has 1 heterocycles. The van der Waals surface area contributed by atoms with Crippen LogP contribution in [0.2, 0.25) is 0 Å². The Morgan fingerprint density at radius 2 is 1.68 bits per heavy atom. The summed E-state index contributed by atoms with van der Waals surface area (Å²) in [6.45, 7) is 4.36. The van der Waals surface area contributed by atoms with Gasteiger partial charge in [0.25, 0.3) is 0 Å². The van der Waals surface area contributed by atoms with Crippen LogP contribution in [0.25, 0.3) is 0 Å². The van der Waals surface area contributed by atoms with E-state index in [1.807, 2.05) is 12.1 Å². The van der Waals surface area contributed by atoms with E-state index in [0.29, 0.717) is 12.3 Å². The molecule has 3 heteroatoms. The lowest BCUT2D eigenvalue weighted by Gasteiger charge is -2.23. The van der Waals surface area contributed by atoms with Crippen molar-refractivity contribution < 1.29 is 4.79 Å². The fourth-order valence-electron chi connectivity index (χ4n) is 2.96. The van der Waals surface area contributed by atoms with E-state index >= 15 is 0 Å². The zero-order valence-corrected chi connectivity index (χ0v) is 13.1. The van der Waals surface area contributed by atoms with E-state index in [9.17, 15) is 4.79 Å². The van der Waals surface area contributed by atoms with E-state index in [1.54, 1.807) is 0 Å². The van der Waals surface area contributed by atoms with Crippen molar-refractivity contribution in [2.45, 2.75) is 38.6 Å². The molecule has 1 aliphatic heterocycles. The van der Waals surface area contributed by atoms with Crippen molar-refractivity contribution in [1.82, 2.24) is 0 Å². The Morgan fingerprint density at radius 1 is 1.00 bits per heavy atom. The summed E-state index contributed by atoms with van der Waals surface area (Å²) in [4.78, 5) is 11.7. The van der Waals surface area contributed by atoms with Gasteiger partial charge in [-0.2, -0.15) is 0 Å². The van der Waals surface area contributed by atoms with Gasteiger partial charge in [0.1, 0.15) is 0 Å². The third-order valence-corrected chi connectivity index (χ3v) is 4.37. The normalized spacial score (nSPS) is 15.4. The molecule has 2 aromatic carbocycles. The van der Waals surface area contributed by atoms with Crippen molar-refractivity contribution in [3.05, 3.63) is 64.7 Å². The number of amides is 1. The number of nitrogens with one attached hydrogen (secondary N) is 1. The van der Waals surface area contributed by atoms with Gasteiger partial charge in [-0.1, -0.05) is 56.3 Å². The Balaban J connectivity index is 1.95. The Hall–Kier alpha value is -2.13. The molecule has 0 bridgehead atoms. The molecule has 3 N–H and O–H groups in total. The highest BCUT2D eigenvalue weighted by atomic mass is 16.1. The van der Waals surface area contributed by atoms with Gasteiger partial charge >= 0.3 is 0 Å². The largest absolute Gasteiger partial charge is 0.326 e. The van der Waals surface area contributed by atoms with Gasteiger partial charge in [-0.15, -0.1) is 0 Å². The molecule has 3 nitrogen and oxygen atoms in total. The smallest absolute Gasteiger partial charge is 0.224 e. The van der Waals surface area contributed by atoms with Crippen LogP contribution in [0.1, 0.15) is 54.5 Å². The van der Waals surface area contributed by atoms with Gasteiger partial charge in [0.2, 0.25) is 5.91 Å². The Morgan fingerprint density at radius 3 is 2.36 bits per heavy atom. The van der Waals surface area contributed by atoms with Gasteiger partial charge in [0.15, 0.2) is 0 Å². The number of hydrogen-bond acceptors (Lipinski definition) is 2. The second kappa shape index (κ2) is 5.93. The van der Waals surface area contributed by atoms with Crippen LogP contribution < -0.4 is 11.1 Å². The van der Waals surface area contributed by atoms with Gasteiger partial charge in [0.05, 0.1) is 6.04 Å². The summed E-state index contributed by atoms with van der Waals surface area (Å²) < 4.78 is 0. The maximum Gasteiger partial charge on any atom is 0.224 e. The molecule has 0 saturated carbocycles. The van der Waals surface area contributed by atoms with Crippen LogP contribution in [0.15, 0.2) is 42.5 Å². The Labute approximate surface area is 131 Å². The minimum Gasteiger partial charge on any atom is -0.326 e. The molecule has 0 saturated heterocycles. The van der Waals surface area contributed by atoms with Crippen molar-refractivity contribution in [3.8, 4) is 0 Å². The van der Waals surface area contributed by atoms with E-state index in [2.05, 4.69) is 49.5 Å². The number of nitrogens with two attached hydrogens (primary N) is 1. The van der Waals surface area contributed by atoms with Gasteiger partial charge in [0, 0.05) is 12.1 Å². The van der Waals surface area contributed by atoms with E-state index in [4.69, 9.17) is 5.73 Å². The number of aryl methyl sites for hydroxylation is 1. The zero-order valence-electron chi connectivity index (χ0n) is 13.1. The molecular weight excluding hydrogens is 272 g/mol. The highest BCUT2D eigenvalue weighted by molar-refractivity contribution is 5.95. The molecular formula is C19H22N2O. The predicted octanol–water partition coefficient (Wildman–Crippen LogP) is 3.74. The van der Waals surface area contributed by atoms with Gasteiger partial charge in [-0.05, 0) is 34.6 Å². The second-order valence-corrected chi connectivity index (χ2v) is 6.23. The zero-order chi connectivity index (χ0) is 15.7. The van der Waals surface area contributed by atoms with Gasteiger partial charge in [-0.3, -0.25) is 4.79 Å². The highest BCUT2D eigenvalue weighted by Gasteiger charge is 2.21. The number of hydrogen-bond donors (Lipinski definition) is 2. The van der Waals surface area contributed by atoms with Gasteiger partial charge in [-0.25, -0.2) is 0 Å². The monoisotopic (exact) mass is 294 g/mol. The van der Waals surface area contributed by atoms with Crippen molar-refractivity contribution >= 4 is 11.6 Å². The minimum absolute atomic E-state index is 0.0716. The van der Waals surface area contributed by atoms with Gasteiger partial charge < -0.3 is 11.1 Å². The van der Waals surface area contributed by atoms with Crippen LogP contribution in [0, 0.1) is 0 Å². The maximum absolute atomic E-state index is 11.7. The quantitative estimate of drug-likeness (QED) is 0.906. The fourth-order valence-corrected chi connectivity index (χ4v) is 2.96. The first-order chi connectivity index (χ1) is 10.6. The predicted molar refractivity (Wildman–Crippen MR) is 90.0 cm³/mol. The summed E-state index contributed by atoms with van der Waals surface area (Å²) in [5.74, 6) is 0.580. The number of rotatable bonds is 3. The third-order valence-electron chi connectivity index (χ3n) is 4.37. The lowest BCUT2D eigenvalue weighted by molar-refractivity contribution is -0.116. The van der Waals surface area contributed by atoms with Crippen LogP contribution >= 0.6 is 0 Å².